The van der Waals surface area contributed by atoms with Crippen LogP contribution in [0.1, 0.15) is 23.2 Å². The van der Waals surface area contributed by atoms with Crippen LogP contribution < -0.4 is 14.8 Å². The molecule has 2 aromatic rings. The Morgan fingerprint density at radius 1 is 1.30 bits per heavy atom. The Balaban J connectivity index is 1.67. The van der Waals surface area contributed by atoms with Gasteiger partial charge in [-0.05, 0) is 31.0 Å². The highest BCUT2D eigenvalue weighted by Gasteiger charge is 2.45. The molecule has 8 heteroatoms. The molecule has 0 spiro atoms. The lowest BCUT2D eigenvalue weighted by molar-refractivity contribution is 0.0438. The van der Waals surface area contributed by atoms with Gasteiger partial charge in [0, 0.05) is 29.9 Å². The van der Waals surface area contributed by atoms with Gasteiger partial charge in [-0.1, -0.05) is 6.07 Å². The van der Waals surface area contributed by atoms with E-state index in [1.165, 1.54) is 19.5 Å². The molecule has 8 nitrogen and oxygen atoms in total. The Hall–Kier alpha value is -2.71. The molecule has 1 fully saturated rings. The first-order chi connectivity index (χ1) is 13.0. The number of aliphatic hydroxyl groups is 2. The van der Waals surface area contributed by atoms with Crippen LogP contribution in [0.4, 0.5) is 0 Å². The summed E-state index contributed by atoms with van der Waals surface area (Å²) in [7, 11) is 1.54. The van der Waals surface area contributed by atoms with E-state index in [1.54, 1.807) is 30.5 Å². The Morgan fingerprint density at radius 2 is 2.07 bits per heavy atom. The summed E-state index contributed by atoms with van der Waals surface area (Å²) in [4.78, 5) is 20.5. The molecular formula is C19H23N3O5. The van der Waals surface area contributed by atoms with Gasteiger partial charge in [0.2, 0.25) is 5.88 Å². The van der Waals surface area contributed by atoms with E-state index in [0.29, 0.717) is 30.0 Å². The molecule has 2 atom stereocenters. The maximum Gasteiger partial charge on any atom is 0.251 e. The standard InChI is InChI=1S/C19H23N3O5/c1-26-14-4-2-3-13(7-14)18(25)22-11-19(8-15(23)16(24)9-19)12-27-17-10-20-5-6-21-17/h2-7,10,15-16,23-24H,8-9,11-12H2,1H3,(H,22,25). The first-order valence-corrected chi connectivity index (χ1v) is 8.68. The number of rotatable bonds is 7. The fourth-order valence-corrected chi connectivity index (χ4v) is 3.28. The fourth-order valence-electron chi connectivity index (χ4n) is 3.28. The summed E-state index contributed by atoms with van der Waals surface area (Å²) in [5.41, 5.74) is -0.135. The van der Waals surface area contributed by atoms with Gasteiger partial charge < -0.3 is 25.0 Å². The molecule has 1 aliphatic carbocycles. The average molecular weight is 373 g/mol. The van der Waals surface area contributed by atoms with Gasteiger partial charge in [0.05, 0.1) is 32.1 Å². The van der Waals surface area contributed by atoms with Crippen LogP contribution in [0.3, 0.4) is 0 Å². The maximum atomic E-state index is 12.5. The molecular weight excluding hydrogens is 350 g/mol. The lowest BCUT2D eigenvalue weighted by Gasteiger charge is -2.29. The molecule has 1 saturated carbocycles. The van der Waals surface area contributed by atoms with Crippen molar-refractivity contribution in [1.82, 2.24) is 15.3 Å². The van der Waals surface area contributed by atoms with Crippen molar-refractivity contribution in [3.8, 4) is 11.6 Å². The first-order valence-electron chi connectivity index (χ1n) is 8.68. The molecule has 1 heterocycles. The molecule has 0 bridgehead atoms. The monoisotopic (exact) mass is 373 g/mol. The second-order valence-electron chi connectivity index (χ2n) is 6.79. The van der Waals surface area contributed by atoms with Gasteiger partial charge >= 0.3 is 0 Å². The second-order valence-corrected chi connectivity index (χ2v) is 6.79. The number of hydrogen-bond donors (Lipinski definition) is 3. The molecule has 1 amide bonds. The van der Waals surface area contributed by atoms with E-state index in [0.717, 1.165) is 0 Å². The first kappa shape index (κ1) is 19.1. The molecule has 2 unspecified atom stereocenters. The molecule has 1 aliphatic rings. The predicted molar refractivity (Wildman–Crippen MR) is 96.5 cm³/mol. The number of carbonyl (C=O) groups excluding carboxylic acids is 1. The quantitative estimate of drug-likeness (QED) is 0.658. The lowest BCUT2D eigenvalue weighted by Crippen LogP contribution is -2.40. The van der Waals surface area contributed by atoms with E-state index in [4.69, 9.17) is 9.47 Å². The molecule has 1 aromatic carbocycles. The van der Waals surface area contributed by atoms with Gasteiger partial charge in [-0.3, -0.25) is 9.78 Å². The molecule has 3 rings (SSSR count). The smallest absolute Gasteiger partial charge is 0.251 e. The third-order valence-corrected chi connectivity index (χ3v) is 4.75. The Kier molecular flexibility index (Phi) is 5.88. The largest absolute Gasteiger partial charge is 0.497 e. The molecule has 27 heavy (non-hydrogen) atoms. The zero-order valence-electron chi connectivity index (χ0n) is 15.0. The van der Waals surface area contributed by atoms with E-state index < -0.39 is 17.6 Å². The Bertz CT molecular complexity index is 761. The minimum Gasteiger partial charge on any atom is -0.497 e. The van der Waals surface area contributed by atoms with Crippen molar-refractivity contribution in [2.24, 2.45) is 5.41 Å². The lowest BCUT2D eigenvalue weighted by atomic mass is 9.86. The number of aromatic nitrogens is 2. The summed E-state index contributed by atoms with van der Waals surface area (Å²) < 4.78 is 10.8. The number of benzene rings is 1. The van der Waals surface area contributed by atoms with E-state index in [1.807, 2.05) is 0 Å². The third-order valence-electron chi connectivity index (χ3n) is 4.75. The van der Waals surface area contributed by atoms with Gasteiger partial charge in [0.25, 0.3) is 5.91 Å². The number of ether oxygens (including phenoxy) is 2. The van der Waals surface area contributed by atoms with E-state index in [2.05, 4.69) is 15.3 Å². The summed E-state index contributed by atoms with van der Waals surface area (Å²) in [5.74, 6) is 0.686. The van der Waals surface area contributed by atoms with Crippen LogP contribution in [0.15, 0.2) is 42.9 Å². The summed E-state index contributed by atoms with van der Waals surface area (Å²) >= 11 is 0. The topological polar surface area (TPSA) is 114 Å². The van der Waals surface area contributed by atoms with Crippen molar-refractivity contribution >= 4 is 5.91 Å². The van der Waals surface area contributed by atoms with Gasteiger partial charge in [-0.15, -0.1) is 0 Å². The van der Waals surface area contributed by atoms with Crippen LogP contribution in [-0.2, 0) is 0 Å². The van der Waals surface area contributed by atoms with E-state index in [-0.39, 0.29) is 19.1 Å². The molecule has 3 N–H and O–H groups in total. The van der Waals surface area contributed by atoms with Gasteiger partial charge in [0.15, 0.2) is 0 Å². The molecule has 0 aliphatic heterocycles. The summed E-state index contributed by atoms with van der Waals surface area (Å²) in [6.07, 6.45) is 3.46. The summed E-state index contributed by atoms with van der Waals surface area (Å²) in [6.45, 7) is 0.440. The number of hydrogen-bond acceptors (Lipinski definition) is 7. The van der Waals surface area contributed by atoms with Gasteiger partial charge in [-0.2, -0.15) is 0 Å². The molecule has 1 aromatic heterocycles. The van der Waals surface area contributed by atoms with Crippen LogP contribution in [-0.4, -0.2) is 58.6 Å². The highest BCUT2D eigenvalue weighted by atomic mass is 16.5. The number of methoxy groups -OCH3 is 1. The van der Waals surface area contributed by atoms with Crippen LogP contribution in [0.5, 0.6) is 11.6 Å². The predicted octanol–water partition coefficient (Wildman–Crippen LogP) is 0.796. The molecule has 0 saturated heterocycles. The zero-order chi connectivity index (χ0) is 19.3. The van der Waals surface area contributed by atoms with E-state index in [9.17, 15) is 15.0 Å². The van der Waals surface area contributed by atoms with Crippen molar-refractivity contribution in [2.75, 3.05) is 20.3 Å². The van der Waals surface area contributed by atoms with Crippen LogP contribution in [0, 0.1) is 5.41 Å². The maximum absolute atomic E-state index is 12.5. The number of amides is 1. The molecule has 144 valence electrons. The fraction of sp³-hybridized carbons (Fsp3) is 0.421. The summed E-state index contributed by atoms with van der Waals surface area (Å²) in [5, 5.41) is 22.9. The highest BCUT2D eigenvalue weighted by molar-refractivity contribution is 5.94. The highest BCUT2D eigenvalue weighted by Crippen LogP contribution is 2.38. The second kappa shape index (κ2) is 8.32. The van der Waals surface area contributed by atoms with Crippen LogP contribution in [0.2, 0.25) is 0 Å². The Morgan fingerprint density at radius 3 is 2.74 bits per heavy atom. The Labute approximate surface area is 157 Å². The average Bonchev–Trinajstić information content (AvgIpc) is 2.99. The number of aliphatic hydroxyl groups excluding tert-OH is 2. The van der Waals surface area contributed by atoms with E-state index >= 15 is 0 Å². The van der Waals surface area contributed by atoms with Crippen molar-refractivity contribution in [3.63, 3.8) is 0 Å². The normalized spacial score (nSPS) is 24.4. The van der Waals surface area contributed by atoms with Crippen LogP contribution in [0.25, 0.3) is 0 Å². The van der Waals surface area contributed by atoms with Crippen molar-refractivity contribution in [3.05, 3.63) is 48.4 Å². The summed E-state index contributed by atoms with van der Waals surface area (Å²) in [6, 6.07) is 6.84. The van der Waals surface area contributed by atoms with Gasteiger partial charge in [0.1, 0.15) is 5.75 Å². The third kappa shape index (κ3) is 4.72. The molecule has 0 radical (unpaired) electrons. The van der Waals surface area contributed by atoms with Crippen molar-refractivity contribution in [1.29, 1.82) is 0 Å². The number of carbonyl (C=O) groups is 1. The van der Waals surface area contributed by atoms with Crippen molar-refractivity contribution in [2.45, 2.75) is 25.0 Å². The van der Waals surface area contributed by atoms with Crippen molar-refractivity contribution < 1.29 is 24.5 Å². The number of nitrogens with one attached hydrogen (secondary N) is 1. The van der Waals surface area contributed by atoms with Crippen LogP contribution >= 0.6 is 0 Å². The minimum atomic E-state index is -0.857. The zero-order valence-corrected chi connectivity index (χ0v) is 15.0. The number of nitrogens with zero attached hydrogens (tertiary/aromatic N) is 2. The van der Waals surface area contributed by atoms with Gasteiger partial charge in [-0.25, -0.2) is 4.98 Å². The SMILES string of the molecule is COc1cccc(C(=O)NCC2(COc3cnccn3)CC(O)C(O)C2)c1. The minimum absolute atomic E-state index is 0.193.